The van der Waals surface area contributed by atoms with Gasteiger partial charge in [0.25, 0.3) is 0 Å². The van der Waals surface area contributed by atoms with Crippen LogP contribution in [0.3, 0.4) is 0 Å². The van der Waals surface area contributed by atoms with Crippen molar-refractivity contribution in [2.45, 2.75) is 6.42 Å². The number of allylic oxidation sites excluding steroid dienone is 1. The third-order valence-corrected chi connectivity index (χ3v) is 2.35. The van der Waals surface area contributed by atoms with E-state index in [-0.39, 0.29) is 0 Å². The lowest BCUT2D eigenvalue weighted by atomic mass is 10.2. The number of ether oxygens (including phenoxy) is 1. The van der Waals surface area contributed by atoms with Crippen LogP contribution in [-0.2, 0) is 11.2 Å². The van der Waals surface area contributed by atoms with E-state index >= 15 is 0 Å². The average molecular weight is 226 g/mol. The maximum atomic E-state index is 5.18. The highest BCUT2D eigenvalue weighted by molar-refractivity contribution is 9.10. The lowest BCUT2D eigenvalue weighted by molar-refractivity contribution is 0.371. The van der Waals surface area contributed by atoms with Gasteiger partial charge < -0.3 is 4.74 Å². The summed E-state index contributed by atoms with van der Waals surface area (Å²) in [5, 5.41) is 0. The number of methoxy groups -OCH3 is 1. The maximum absolute atomic E-state index is 5.18. The molecular formula is C9H8BrNO. The van der Waals surface area contributed by atoms with Crippen molar-refractivity contribution in [1.82, 2.24) is 4.98 Å². The van der Waals surface area contributed by atoms with E-state index < -0.39 is 0 Å². The molecule has 1 aromatic rings. The monoisotopic (exact) mass is 225 g/mol. The second kappa shape index (κ2) is 2.90. The van der Waals surface area contributed by atoms with Crippen molar-refractivity contribution in [2.75, 3.05) is 7.11 Å². The number of pyridine rings is 1. The van der Waals surface area contributed by atoms with Crippen LogP contribution in [0.15, 0.2) is 22.8 Å². The average Bonchev–Trinajstić information content (AvgIpc) is 2.46. The first-order chi connectivity index (χ1) is 5.81. The summed E-state index contributed by atoms with van der Waals surface area (Å²) < 4.78 is 6.06. The summed E-state index contributed by atoms with van der Waals surface area (Å²) in [6.07, 6.45) is 2.92. The second-order valence-electron chi connectivity index (χ2n) is 2.60. The van der Waals surface area contributed by atoms with E-state index in [1.807, 2.05) is 18.2 Å². The summed E-state index contributed by atoms with van der Waals surface area (Å²) in [6.45, 7) is 0. The van der Waals surface area contributed by atoms with Gasteiger partial charge in [0.1, 0.15) is 10.4 Å². The molecule has 1 aromatic heterocycles. The van der Waals surface area contributed by atoms with E-state index in [1.54, 1.807) is 7.11 Å². The molecule has 0 spiro atoms. The molecule has 1 aliphatic carbocycles. The minimum atomic E-state index is 0.873. The third kappa shape index (κ3) is 1.14. The standard InChI is InChI=1S/C9H8BrNO/c1-12-8-4-3-7-6(8)2-5-9(10)11-7/h2,4-5H,3H2,1H3. The fourth-order valence-electron chi connectivity index (χ4n) is 1.35. The zero-order chi connectivity index (χ0) is 8.55. The van der Waals surface area contributed by atoms with E-state index in [9.17, 15) is 0 Å². The van der Waals surface area contributed by atoms with Gasteiger partial charge >= 0.3 is 0 Å². The van der Waals surface area contributed by atoms with Gasteiger partial charge in [0.2, 0.25) is 0 Å². The molecule has 0 aliphatic heterocycles. The smallest absolute Gasteiger partial charge is 0.124 e. The van der Waals surface area contributed by atoms with E-state index in [2.05, 4.69) is 20.9 Å². The summed E-state index contributed by atoms with van der Waals surface area (Å²) in [5.41, 5.74) is 2.20. The van der Waals surface area contributed by atoms with E-state index in [0.717, 1.165) is 28.0 Å². The molecule has 0 saturated carbocycles. The van der Waals surface area contributed by atoms with Crippen LogP contribution in [0.4, 0.5) is 0 Å². The molecule has 1 aliphatic rings. The van der Waals surface area contributed by atoms with E-state index in [1.165, 1.54) is 0 Å². The third-order valence-electron chi connectivity index (χ3n) is 1.91. The predicted octanol–water partition coefficient (Wildman–Crippen LogP) is 2.39. The van der Waals surface area contributed by atoms with Crippen LogP contribution >= 0.6 is 15.9 Å². The Morgan fingerprint density at radius 2 is 2.33 bits per heavy atom. The SMILES string of the molecule is COC1=CCc2nc(Br)ccc21. The lowest BCUT2D eigenvalue weighted by Gasteiger charge is -2.02. The molecule has 1 heterocycles. The van der Waals surface area contributed by atoms with Gasteiger partial charge in [-0.3, -0.25) is 0 Å². The quantitative estimate of drug-likeness (QED) is 0.686. The van der Waals surface area contributed by atoms with Gasteiger partial charge in [0.15, 0.2) is 0 Å². The molecule has 0 atom stereocenters. The summed E-state index contributed by atoms with van der Waals surface area (Å²) in [6, 6.07) is 3.95. The first-order valence-corrected chi connectivity index (χ1v) is 4.50. The van der Waals surface area contributed by atoms with Gasteiger partial charge in [0.05, 0.1) is 12.8 Å². The molecule has 0 radical (unpaired) electrons. The molecule has 0 saturated heterocycles. The van der Waals surface area contributed by atoms with Crippen molar-refractivity contribution in [3.8, 4) is 0 Å². The first kappa shape index (κ1) is 7.80. The molecule has 0 N–H and O–H groups in total. The van der Waals surface area contributed by atoms with Crippen molar-refractivity contribution in [1.29, 1.82) is 0 Å². The van der Waals surface area contributed by atoms with Gasteiger partial charge in [-0.1, -0.05) is 0 Å². The Bertz CT molecular complexity index is 346. The van der Waals surface area contributed by atoms with Crippen molar-refractivity contribution in [2.24, 2.45) is 0 Å². The predicted molar refractivity (Wildman–Crippen MR) is 50.6 cm³/mol. The molecule has 2 nitrogen and oxygen atoms in total. The molecule has 0 unspecified atom stereocenters. The Balaban J connectivity index is 2.47. The highest BCUT2D eigenvalue weighted by Gasteiger charge is 2.15. The zero-order valence-corrected chi connectivity index (χ0v) is 8.26. The Hall–Kier alpha value is -0.830. The summed E-state index contributed by atoms with van der Waals surface area (Å²) in [4.78, 5) is 4.34. The number of hydrogen-bond acceptors (Lipinski definition) is 2. The molecular weight excluding hydrogens is 218 g/mol. The van der Waals surface area contributed by atoms with Crippen molar-refractivity contribution < 1.29 is 4.74 Å². The molecule has 2 rings (SSSR count). The Labute approximate surface area is 79.4 Å². The molecule has 3 heteroatoms. The largest absolute Gasteiger partial charge is 0.496 e. The molecule has 0 bridgehead atoms. The highest BCUT2D eigenvalue weighted by Crippen LogP contribution is 2.27. The van der Waals surface area contributed by atoms with E-state index in [0.29, 0.717) is 0 Å². The number of halogens is 1. The Morgan fingerprint density at radius 3 is 3.08 bits per heavy atom. The van der Waals surface area contributed by atoms with Gasteiger partial charge in [-0.2, -0.15) is 0 Å². The summed E-state index contributed by atoms with van der Waals surface area (Å²) in [5.74, 6) is 0.935. The van der Waals surface area contributed by atoms with Crippen LogP contribution in [0.2, 0.25) is 0 Å². The van der Waals surface area contributed by atoms with Crippen LogP contribution in [0, 0.1) is 0 Å². The maximum Gasteiger partial charge on any atom is 0.124 e. The zero-order valence-electron chi connectivity index (χ0n) is 6.67. The fourth-order valence-corrected chi connectivity index (χ4v) is 1.69. The van der Waals surface area contributed by atoms with Crippen LogP contribution in [0.5, 0.6) is 0 Å². The minimum absolute atomic E-state index is 0.873. The molecule has 12 heavy (non-hydrogen) atoms. The minimum Gasteiger partial charge on any atom is -0.496 e. The number of rotatable bonds is 1. The van der Waals surface area contributed by atoms with Gasteiger partial charge in [-0.15, -0.1) is 0 Å². The van der Waals surface area contributed by atoms with Crippen molar-refractivity contribution in [3.63, 3.8) is 0 Å². The summed E-state index contributed by atoms with van der Waals surface area (Å²) >= 11 is 3.33. The van der Waals surface area contributed by atoms with Gasteiger partial charge in [0, 0.05) is 12.0 Å². The lowest BCUT2D eigenvalue weighted by Crippen LogP contribution is -1.90. The topological polar surface area (TPSA) is 22.1 Å². The second-order valence-corrected chi connectivity index (χ2v) is 3.42. The first-order valence-electron chi connectivity index (χ1n) is 3.71. The Morgan fingerprint density at radius 1 is 1.50 bits per heavy atom. The van der Waals surface area contributed by atoms with Crippen molar-refractivity contribution in [3.05, 3.63) is 34.1 Å². The Kier molecular flexibility index (Phi) is 1.89. The van der Waals surface area contributed by atoms with Gasteiger partial charge in [-0.25, -0.2) is 4.98 Å². The molecule has 0 fully saturated rings. The van der Waals surface area contributed by atoms with Crippen molar-refractivity contribution >= 4 is 21.7 Å². The van der Waals surface area contributed by atoms with Crippen LogP contribution in [0.1, 0.15) is 11.3 Å². The molecule has 62 valence electrons. The van der Waals surface area contributed by atoms with E-state index in [4.69, 9.17) is 4.74 Å². The summed E-state index contributed by atoms with van der Waals surface area (Å²) in [7, 11) is 1.68. The number of hydrogen-bond donors (Lipinski definition) is 0. The fraction of sp³-hybridized carbons (Fsp3) is 0.222. The number of fused-ring (bicyclic) bond motifs is 1. The van der Waals surface area contributed by atoms with Crippen LogP contribution < -0.4 is 0 Å². The van der Waals surface area contributed by atoms with Crippen LogP contribution in [0.25, 0.3) is 5.76 Å². The number of aromatic nitrogens is 1. The highest BCUT2D eigenvalue weighted by atomic mass is 79.9. The van der Waals surface area contributed by atoms with Gasteiger partial charge in [-0.05, 0) is 34.1 Å². The molecule has 0 amide bonds. The van der Waals surface area contributed by atoms with Crippen LogP contribution in [-0.4, -0.2) is 12.1 Å². The normalized spacial score (nSPS) is 14.0. The number of nitrogens with zero attached hydrogens (tertiary/aromatic N) is 1. The molecule has 0 aromatic carbocycles.